The van der Waals surface area contributed by atoms with Gasteiger partial charge < -0.3 is 15.9 Å². The van der Waals surface area contributed by atoms with Gasteiger partial charge in [-0.15, -0.1) is 12.4 Å². The SMILES string of the molecule is Cl.N[C@@H](c1cccc(Br)c1O)[C@H](O)C1CCCC1. The summed E-state index contributed by atoms with van der Waals surface area (Å²) in [5.41, 5.74) is 6.67. The van der Waals surface area contributed by atoms with Gasteiger partial charge in [0.1, 0.15) is 5.75 Å². The maximum absolute atomic E-state index is 10.2. The molecule has 1 fully saturated rings. The Morgan fingerprint density at radius 2 is 1.89 bits per heavy atom. The Labute approximate surface area is 122 Å². The Balaban J connectivity index is 0.00000162. The number of phenols is 1. The molecule has 3 nitrogen and oxygen atoms in total. The smallest absolute Gasteiger partial charge is 0.134 e. The van der Waals surface area contributed by atoms with Crippen molar-refractivity contribution in [1.29, 1.82) is 0 Å². The first-order chi connectivity index (χ1) is 8.11. The van der Waals surface area contributed by atoms with E-state index in [1.165, 1.54) is 12.8 Å². The lowest BCUT2D eigenvalue weighted by Gasteiger charge is -2.25. The van der Waals surface area contributed by atoms with Gasteiger partial charge in [-0.3, -0.25) is 0 Å². The first-order valence-corrected chi connectivity index (χ1v) is 6.81. The van der Waals surface area contributed by atoms with Crippen LogP contribution in [0.4, 0.5) is 0 Å². The van der Waals surface area contributed by atoms with E-state index in [1.54, 1.807) is 12.1 Å². The van der Waals surface area contributed by atoms with Crippen molar-refractivity contribution >= 4 is 28.3 Å². The van der Waals surface area contributed by atoms with Gasteiger partial charge in [-0.05, 0) is 40.8 Å². The fourth-order valence-electron chi connectivity index (χ4n) is 2.58. The number of phenolic OH excluding ortho intramolecular Hbond substituents is 1. The molecule has 2 atom stereocenters. The third-order valence-electron chi connectivity index (χ3n) is 3.63. The molecule has 102 valence electrons. The van der Waals surface area contributed by atoms with Crippen LogP contribution < -0.4 is 5.73 Å². The molecule has 1 aromatic carbocycles. The molecule has 0 radical (unpaired) electrons. The molecular formula is C13H19BrClNO2. The summed E-state index contributed by atoms with van der Waals surface area (Å²) in [5.74, 6) is 0.403. The Hall–Kier alpha value is -0.290. The minimum absolute atomic E-state index is 0. The maximum atomic E-state index is 10.2. The van der Waals surface area contributed by atoms with E-state index in [2.05, 4.69) is 15.9 Å². The molecule has 18 heavy (non-hydrogen) atoms. The summed E-state index contributed by atoms with van der Waals surface area (Å²) < 4.78 is 0.615. The zero-order valence-corrected chi connectivity index (χ0v) is 12.5. The Morgan fingerprint density at radius 3 is 2.50 bits per heavy atom. The topological polar surface area (TPSA) is 66.5 Å². The monoisotopic (exact) mass is 335 g/mol. The summed E-state index contributed by atoms with van der Waals surface area (Å²) in [5, 5.41) is 20.2. The predicted molar refractivity (Wildman–Crippen MR) is 77.9 cm³/mol. The molecule has 1 saturated carbocycles. The number of benzene rings is 1. The minimum Gasteiger partial charge on any atom is -0.506 e. The maximum Gasteiger partial charge on any atom is 0.134 e. The number of para-hydroxylation sites is 1. The molecule has 0 unspecified atom stereocenters. The van der Waals surface area contributed by atoms with Gasteiger partial charge in [0.05, 0.1) is 16.6 Å². The Kier molecular flexibility index (Phi) is 5.92. The third kappa shape index (κ3) is 3.18. The standard InChI is InChI=1S/C13H18BrNO2.ClH/c14-10-7-3-6-9(13(10)17)11(15)12(16)8-4-1-2-5-8;/h3,6-8,11-12,16-17H,1-2,4-5,15H2;1H/t11-,12+;/m0./s1. The van der Waals surface area contributed by atoms with Gasteiger partial charge in [-0.2, -0.15) is 0 Å². The van der Waals surface area contributed by atoms with Gasteiger partial charge in [-0.1, -0.05) is 25.0 Å². The Morgan fingerprint density at radius 1 is 1.28 bits per heavy atom. The fraction of sp³-hybridized carbons (Fsp3) is 0.538. The second-order valence-corrected chi connectivity index (χ2v) is 5.59. The van der Waals surface area contributed by atoms with Crippen molar-refractivity contribution < 1.29 is 10.2 Å². The summed E-state index contributed by atoms with van der Waals surface area (Å²) in [6.07, 6.45) is 3.82. The highest BCUT2D eigenvalue weighted by Gasteiger charge is 2.30. The van der Waals surface area contributed by atoms with Crippen molar-refractivity contribution in [1.82, 2.24) is 0 Å². The van der Waals surface area contributed by atoms with Crippen LogP contribution in [0, 0.1) is 5.92 Å². The van der Waals surface area contributed by atoms with Crippen LogP contribution in [0.5, 0.6) is 5.75 Å². The zero-order chi connectivity index (χ0) is 12.4. The van der Waals surface area contributed by atoms with Crippen LogP contribution in [0.15, 0.2) is 22.7 Å². The van der Waals surface area contributed by atoms with E-state index in [-0.39, 0.29) is 24.1 Å². The average Bonchev–Trinajstić information content (AvgIpc) is 2.84. The number of aromatic hydroxyl groups is 1. The van der Waals surface area contributed by atoms with Gasteiger partial charge in [0, 0.05) is 5.56 Å². The molecular weight excluding hydrogens is 318 g/mol. The van der Waals surface area contributed by atoms with Crippen molar-refractivity contribution in [3.05, 3.63) is 28.2 Å². The quantitative estimate of drug-likeness (QED) is 0.794. The number of nitrogens with two attached hydrogens (primary N) is 1. The molecule has 1 aliphatic carbocycles. The molecule has 0 amide bonds. The molecule has 0 bridgehead atoms. The summed E-state index contributed by atoms with van der Waals surface area (Å²) >= 11 is 3.26. The largest absolute Gasteiger partial charge is 0.506 e. The van der Waals surface area contributed by atoms with Gasteiger partial charge >= 0.3 is 0 Å². The molecule has 0 spiro atoms. The second-order valence-electron chi connectivity index (χ2n) is 4.74. The van der Waals surface area contributed by atoms with Crippen LogP contribution in [0.1, 0.15) is 37.3 Å². The van der Waals surface area contributed by atoms with Crippen molar-refractivity contribution in [3.8, 4) is 5.75 Å². The highest BCUT2D eigenvalue weighted by molar-refractivity contribution is 9.10. The predicted octanol–water partition coefficient (Wildman–Crippen LogP) is 3.13. The number of aliphatic hydroxyl groups excluding tert-OH is 1. The molecule has 4 N–H and O–H groups in total. The van der Waals surface area contributed by atoms with Gasteiger partial charge in [-0.25, -0.2) is 0 Å². The third-order valence-corrected chi connectivity index (χ3v) is 4.27. The number of aliphatic hydroxyl groups is 1. The van der Waals surface area contributed by atoms with Crippen molar-refractivity contribution in [2.75, 3.05) is 0 Å². The number of rotatable bonds is 3. The molecule has 0 aliphatic heterocycles. The first-order valence-electron chi connectivity index (χ1n) is 6.02. The molecule has 0 aromatic heterocycles. The van der Waals surface area contributed by atoms with Gasteiger partial charge in [0.25, 0.3) is 0 Å². The minimum atomic E-state index is -0.572. The molecule has 0 heterocycles. The van der Waals surface area contributed by atoms with E-state index in [1.807, 2.05) is 6.07 Å². The van der Waals surface area contributed by atoms with Crippen LogP contribution in [-0.4, -0.2) is 16.3 Å². The lowest BCUT2D eigenvalue weighted by molar-refractivity contribution is 0.0836. The van der Waals surface area contributed by atoms with E-state index >= 15 is 0 Å². The zero-order valence-electron chi connectivity index (χ0n) is 10.1. The van der Waals surface area contributed by atoms with E-state index in [0.717, 1.165) is 12.8 Å². The summed E-state index contributed by atoms with van der Waals surface area (Å²) in [7, 11) is 0. The van der Waals surface area contributed by atoms with E-state index in [4.69, 9.17) is 5.73 Å². The molecule has 1 aromatic rings. The van der Waals surface area contributed by atoms with Gasteiger partial charge in [0.2, 0.25) is 0 Å². The van der Waals surface area contributed by atoms with Crippen LogP contribution in [0.3, 0.4) is 0 Å². The number of hydrogen-bond acceptors (Lipinski definition) is 3. The first kappa shape index (κ1) is 15.8. The van der Waals surface area contributed by atoms with Crippen LogP contribution in [-0.2, 0) is 0 Å². The van der Waals surface area contributed by atoms with Crippen LogP contribution in [0.25, 0.3) is 0 Å². The number of hydrogen-bond donors (Lipinski definition) is 3. The van der Waals surface area contributed by atoms with Crippen molar-refractivity contribution in [3.63, 3.8) is 0 Å². The number of halogens is 2. The summed E-state index contributed by atoms with van der Waals surface area (Å²) in [6, 6.07) is 4.83. The van der Waals surface area contributed by atoms with Crippen molar-refractivity contribution in [2.24, 2.45) is 11.7 Å². The second kappa shape index (κ2) is 6.75. The summed E-state index contributed by atoms with van der Waals surface area (Å²) in [6.45, 7) is 0. The molecule has 1 aliphatic rings. The normalized spacial score (nSPS) is 19.3. The van der Waals surface area contributed by atoms with E-state index in [0.29, 0.717) is 10.0 Å². The molecule has 0 saturated heterocycles. The van der Waals surface area contributed by atoms with E-state index < -0.39 is 12.1 Å². The molecule has 2 rings (SSSR count). The lowest BCUT2D eigenvalue weighted by atomic mass is 9.90. The van der Waals surface area contributed by atoms with Crippen LogP contribution in [0.2, 0.25) is 0 Å². The Bertz CT molecular complexity index is 397. The average molecular weight is 337 g/mol. The van der Waals surface area contributed by atoms with Crippen molar-refractivity contribution in [2.45, 2.75) is 37.8 Å². The summed E-state index contributed by atoms with van der Waals surface area (Å²) in [4.78, 5) is 0. The van der Waals surface area contributed by atoms with Gasteiger partial charge in [0.15, 0.2) is 0 Å². The highest BCUT2D eigenvalue weighted by atomic mass is 79.9. The van der Waals surface area contributed by atoms with E-state index in [9.17, 15) is 10.2 Å². The van der Waals surface area contributed by atoms with Crippen LogP contribution >= 0.6 is 28.3 Å². The fourth-order valence-corrected chi connectivity index (χ4v) is 2.96. The highest BCUT2D eigenvalue weighted by Crippen LogP contribution is 2.37. The molecule has 5 heteroatoms. The lowest BCUT2D eigenvalue weighted by Crippen LogP contribution is -2.32.